The van der Waals surface area contributed by atoms with Crippen molar-refractivity contribution in [2.24, 2.45) is 11.8 Å². The van der Waals surface area contributed by atoms with Crippen molar-refractivity contribution in [2.75, 3.05) is 19.8 Å². The fourth-order valence-electron chi connectivity index (χ4n) is 1.92. The predicted octanol–water partition coefficient (Wildman–Crippen LogP) is 3.47. The van der Waals surface area contributed by atoms with Gasteiger partial charge in [0.25, 0.3) is 0 Å². The number of carbonyl (C=O) groups excluding carboxylic acids is 2. The van der Waals surface area contributed by atoms with Gasteiger partial charge in [0.05, 0.1) is 19.6 Å². The Hall–Kier alpha value is -1.26. The monoisotopic (exact) mass is 301 g/mol. The van der Waals surface area contributed by atoms with E-state index in [0.717, 1.165) is 6.42 Å². The highest BCUT2D eigenvalue weighted by Crippen LogP contribution is 2.16. The quantitative estimate of drug-likeness (QED) is 0.612. The van der Waals surface area contributed by atoms with Gasteiger partial charge in [0.15, 0.2) is 0 Å². The highest BCUT2D eigenvalue weighted by atomic mass is 16.6. The fourth-order valence-corrected chi connectivity index (χ4v) is 1.92. The number of amides is 1. The molecule has 0 aromatic rings. The summed E-state index contributed by atoms with van der Waals surface area (Å²) < 4.78 is 10.4. The summed E-state index contributed by atoms with van der Waals surface area (Å²) in [6, 6.07) is -0.0659. The first kappa shape index (κ1) is 19.7. The number of ether oxygens (including phenoxy) is 2. The van der Waals surface area contributed by atoms with Gasteiger partial charge in [0.1, 0.15) is 0 Å². The zero-order chi connectivity index (χ0) is 16.4. The SMILES string of the molecule is CCCOC(=O)CC(C)C(C)N(CC)C(=O)OCC(C)C. The first-order valence-electron chi connectivity index (χ1n) is 7.92. The van der Waals surface area contributed by atoms with Crippen LogP contribution in [0.5, 0.6) is 0 Å². The van der Waals surface area contributed by atoms with Crippen molar-refractivity contribution in [1.82, 2.24) is 4.90 Å². The van der Waals surface area contributed by atoms with Gasteiger partial charge in [-0.15, -0.1) is 0 Å². The molecule has 0 N–H and O–H groups in total. The van der Waals surface area contributed by atoms with Gasteiger partial charge in [-0.05, 0) is 32.1 Å². The molecule has 0 aromatic carbocycles. The molecule has 0 aromatic heterocycles. The van der Waals surface area contributed by atoms with E-state index in [2.05, 4.69) is 0 Å². The lowest BCUT2D eigenvalue weighted by molar-refractivity contribution is -0.145. The molecule has 0 fully saturated rings. The van der Waals surface area contributed by atoms with E-state index in [0.29, 0.717) is 32.1 Å². The Labute approximate surface area is 129 Å². The molecule has 0 bridgehead atoms. The van der Waals surface area contributed by atoms with Gasteiger partial charge in [-0.2, -0.15) is 0 Å². The third kappa shape index (κ3) is 7.93. The Bertz CT molecular complexity index is 317. The van der Waals surface area contributed by atoms with Crippen molar-refractivity contribution >= 4 is 12.1 Å². The molecule has 124 valence electrons. The molecule has 0 heterocycles. The molecule has 0 saturated carbocycles. The molecule has 0 aliphatic carbocycles. The van der Waals surface area contributed by atoms with Gasteiger partial charge in [-0.25, -0.2) is 4.79 Å². The maximum Gasteiger partial charge on any atom is 0.410 e. The minimum absolute atomic E-state index is 0.0286. The molecule has 5 nitrogen and oxygen atoms in total. The summed E-state index contributed by atoms with van der Waals surface area (Å²) in [5, 5.41) is 0. The van der Waals surface area contributed by atoms with Crippen LogP contribution in [0.2, 0.25) is 0 Å². The summed E-state index contributed by atoms with van der Waals surface area (Å²) in [5.41, 5.74) is 0. The number of esters is 1. The summed E-state index contributed by atoms with van der Waals surface area (Å²) >= 11 is 0. The fraction of sp³-hybridized carbons (Fsp3) is 0.875. The summed E-state index contributed by atoms with van der Waals surface area (Å²) in [6.45, 7) is 13.2. The molecule has 1 amide bonds. The third-order valence-electron chi connectivity index (χ3n) is 3.39. The van der Waals surface area contributed by atoms with E-state index in [1.165, 1.54) is 0 Å². The maximum atomic E-state index is 12.1. The van der Waals surface area contributed by atoms with Crippen molar-refractivity contribution in [3.8, 4) is 0 Å². The van der Waals surface area contributed by atoms with E-state index in [9.17, 15) is 9.59 Å². The largest absolute Gasteiger partial charge is 0.466 e. The van der Waals surface area contributed by atoms with Gasteiger partial charge in [-0.3, -0.25) is 4.79 Å². The second-order valence-electron chi connectivity index (χ2n) is 5.90. The number of rotatable bonds is 9. The Kier molecular flexibility index (Phi) is 9.84. The molecule has 0 rings (SSSR count). The van der Waals surface area contributed by atoms with Gasteiger partial charge >= 0.3 is 12.1 Å². The van der Waals surface area contributed by atoms with Crippen LogP contribution in [0, 0.1) is 11.8 Å². The highest BCUT2D eigenvalue weighted by molar-refractivity contribution is 5.70. The molecule has 21 heavy (non-hydrogen) atoms. The Morgan fingerprint density at radius 3 is 2.14 bits per heavy atom. The predicted molar refractivity (Wildman–Crippen MR) is 83.1 cm³/mol. The molecular weight excluding hydrogens is 270 g/mol. The summed E-state index contributed by atoms with van der Waals surface area (Å²) in [6.07, 6.45) is 0.820. The first-order valence-corrected chi connectivity index (χ1v) is 7.92. The third-order valence-corrected chi connectivity index (χ3v) is 3.39. The average molecular weight is 301 g/mol. The Balaban J connectivity index is 4.44. The summed E-state index contributed by atoms with van der Waals surface area (Å²) in [5.74, 6) is 0.133. The molecule has 0 spiro atoms. The van der Waals surface area contributed by atoms with Crippen molar-refractivity contribution < 1.29 is 19.1 Å². The minimum atomic E-state index is -0.313. The van der Waals surface area contributed by atoms with Crippen molar-refractivity contribution in [2.45, 2.75) is 60.4 Å². The number of carbonyl (C=O) groups is 2. The summed E-state index contributed by atoms with van der Waals surface area (Å²) in [4.78, 5) is 25.4. The molecular formula is C16H31NO4. The number of nitrogens with zero attached hydrogens (tertiary/aromatic N) is 1. The van der Waals surface area contributed by atoms with Gasteiger partial charge in [0, 0.05) is 12.6 Å². The van der Waals surface area contributed by atoms with Gasteiger partial charge in [0.2, 0.25) is 0 Å². The van der Waals surface area contributed by atoms with E-state index in [1.54, 1.807) is 4.90 Å². The minimum Gasteiger partial charge on any atom is -0.466 e. The van der Waals surface area contributed by atoms with Gasteiger partial charge in [-0.1, -0.05) is 27.7 Å². The highest BCUT2D eigenvalue weighted by Gasteiger charge is 2.26. The standard InChI is InChI=1S/C16H31NO4/c1-7-9-20-15(18)10-13(5)14(6)17(8-2)16(19)21-11-12(3)4/h12-14H,7-11H2,1-6H3. The molecule has 0 radical (unpaired) electrons. The lowest BCUT2D eigenvalue weighted by Crippen LogP contribution is -2.43. The van der Waals surface area contributed by atoms with Crippen LogP contribution in [0.3, 0.4) is 0 Å². The second-order valence-corrected chi connectivity index (χ2v) is 5.90. The zero-order valence-corrected chi connectivity index (χ0v) is 14.3. The van der Waals surface area contributed by atoms with Crippen LogP contribution < -0.4 is 0 Å². The van der Waals surface area contributed by atoms with Crippen molar-refractivity contribution in [3.63, 3.8) is 0 Å². The van der Waals surface area contributed by atoms with E-state index in [1.807, 2.05) is 41.5 Å². The van der Waals surface area contributed by atoms with Crippen molar-refractivity contribution in [1.29, 1.82) is 0 Å². The lowest BCUT2D eigenvalue weighted by atomic mass is 9.98. The normalized spacial score (nSPS) is 13.7. The van der Waals surface area contributed by atoms with Crippen LogP contribution in [0.1, 0.15) is 54.4 Å². The number of hydrogen-bond donors (Lipinski definition) is 0. The zero-order valence-electron chi connectivity index (χ0n) is 14.3. The topological polar surface area (TPSA) is 55.8 Å². The second kappa shape index (κ2) is 10.5. The van der Waals surface area contributed by atoms with Crippen LogP contribution in [0.4, 0.5) is 4.79 Å². The van der Waals surface area contributed by atoms with E-state index in [4.69, 9.17) is 9.47 Å². The van der Waals surface area contributed by atoms with Crippen molar-refractivity contribution in [3.05, 3.63) is 0 Å². The van der Waals surface area contributed by atoms with E-state index in [-0.39, 0.29) is 24.0 Å². The summed E-state index contributed by atoms with van der Waals surface area (Å²) in [7, 11) is 0. The molecule has 0 saturated heterocycles. The van der Waals surface area contributed by atoms with E-state index < -0.39 is 0 Å². The Morgan fingerprint density at radius 2 is 1.67 bits per heavy atom. The smallest absolute Gasteiger partial charge is 0.410 e. The number of hydrogen-bond acceptors (Lipinski definition) is 4. The van der Waals surface area contributed by atoms with E-state index >= 15 is 0 Å². The van der Waals surface area contributed by atoms with Crippen LogP contribution in [0.15, 0.2) is 0 Å². The van der Waals surface area contributed by atoms with Crippen LogP contribution in [-0.2, 0) is 14.3 Å². The first-order chi connectivity index (χ1) is 9.83. The van der Waals surface area contributed by atoms with Crippen LogP contribution >= 0.6 is 0 Å². The molecule has 2 unspecified atom stereocenters. The Morgan fingerprint density at radius 1 is 1.05 bits per heavy atom. The van der Waals surface area contributed by atoms with Crippen LogP contribution in [0.25, 0.3) is 0 Å². The molecule has 5 heteroatoms. The van der Waals surface area contributed by atoms with Crippen LogP contribution in [-0.4, -0.2) is 42.8 Å². The van der Waals surface area contributed by atoms with Gasteiger partial charge < -0.3 is 14.4 Å². The molecule has 0 aliphatic rings. The lowest BCUT2D eigenvalue weighted by Gasteiger charge is -2.31. The molecule has 0 aliphatic heterocycles. The maximum absolute atomic E-state index is 12.1. The average Bonchev–Trinajstić information content (AvgIpc) is 2.43. The molecule has 2 atom stereocenters.